The van der Waals surface area contributed by atoms with Gasteiger partial charge in [-0.15, -0.1) is 0 Å². The molecule has 0 aliphatic carbocycles. The van der Waals surface area contributed by atoms with Gasteiger partial charge < -0.3 is 4.74 Å². The molecule has 4 nitrogen and oxygen atoms in total. The minimum absolute atomic E-state index is 0.00320. The first-order valence-corrected chi connectivity index (χ1v) is 8.07. The van der Waals surface area contributed by atoms with Crippen molar-refractivity contribution in [2.45, 2.75) is 25.7 Å². The third kappa shape index (κ3) is 6.75. The molecule has 0 unspecified atom stereocenters. The molecule has 0 amide bonds. The van der Waals surface area contributed by atoms with Gasteiger partial charge in [-0.25, -0.2) is 17.9 Å². The van der Waals surface area contributed by atoms with Crippen molar-refractivity contribution >= 4 is 21.6 Å². The summed E-state index contributed by atoms with van der Waals surface area (Å²) in [4.78, 5) is 0. The summed E-state index contributed by atoms with van der Waals surface area (Å²) in [5, 5.41) is 4.91. The number of benzene rings is 1. The highest BCUT2D eigenvalue weighted by Gasteiger charge is 2.06. The Morgan fingerprint density at radius 1 is 1.21 bits per heavy atom. The molecule has 2 N–H and O–H groups in total. The third-order valence-electron chi connectivity index (χ3n) is 2.50. The number of ether oxygens (including phenoxy) is 1. The second-order valence-corrected chi connectivity index (χ2v) is 6.32. The predicted octanol–water partition coefficient (Wildman–Crippen LogP) is 2.71. The largest absolute Gasteiger partial charge is 0.490 e. The van der Waals surface area contributed by atoms with Crippen LogP contribution in [0.4, 0.5) is 4.39 Å². The van der Waals surface area contributed by atoms with Gasteiger partial charge in [0.25, 0.3) is 0 Å². The average Bonchev–Trinajstić information content (AvgIpc) is 2.31. The molecule has 1 aromatic rings. The lowest BCUT2D eigenvalue weighted by molar-refractivity contribution is 0.290. The fourth-order valence-corrected chi connectivity index (χ4v) is 2.31. The molecular weight excluding hydrogens is 293 g/mol. The Labute approximate surface area is 117 Å². The van der Waals surface area contributed by atoms with Gasteiger partial charge in [-0.2, -0.15) is 0 Å². The Bertz CT molecular complexity index is 508. The molecule has 0 radical (unpaired) electrons. The van der Waals surface area contributed by atoms with Crippen molar-refractivity contribution in [2.75, 3.05) is 12.4 Å². The van der Waals surface area contributed by atoms with Crippen LogP contribution in [0.5, 0.6) is 5.75 Å². The van der Waals surface area contributed by atoms with Gasteiger partial charge in [0, 0.05) is 0 Å². The van der Waals surface area contributed by atoms with E-state index in [0.29, 0.717) is 13.0 Å². The first kappa shape index (κ1) is 16.2. The van der Waals surface area contributed by atoms with Crippen LogP contribution >= 0.6 is 11.6 Å². The molecule has 1 aromatic carbocycles. The van der Waals surface area contributed by atoms with E-state index in [4.69, 9.17) is 21.5 Å². The molecule has 0 bridgehead atoms. The molecule has 19 heavy (non-hydrogen) atoms. The van der Waals surface area contributed by atoms with Crippen molar-refractivity contribution in [1.82, 2.24) is 0 Å². The Balaban J connectivity index is 2.16. The fourth-order valence-electron chi connectivity index (χ4n) is 1.54. The Hall–Kier alpha value is -0.850. The summed E-state index contributed by atoms with van der Waals surface area (Å²) in [5.74, 6) is -0.424. The van der Waals surface area contributed by atoms with Crippen LogP contribution in [0.15, 0.2) is 18.2 Å². The highest BCUT2D eigenvalue weighted by Crippen LogP contribution is 2.24. The van der Waals surface area contributed by atoms with E-state index >= 15 is 0 Å². The summed E-state index contributed by atoms with van der Waals surface area (Å²) < 4.78 is 40.0. The zero-order valence-electron chi connectivity index (χ0n) is 10.4. The van der Waals surface area contributed by atoms with E-state index in [1.807, 2.05) is 0 Å². The molecule has 0 aromatic heterocycles. The average molecular weight is 310 g/mol. The zero-order valence-corrected chi connectivity index (χ0v) is 12.0. The van der Waals surface area contributed by atoms with E-state index in [9.17, 15) is 12.8 Å². The van der Waals surface area contributed by atoms with Gasteiger partial charge in [0.2, 0.25) is 10.0 Å². The maximum Gasteiger partial charge on any atom is 0.209 e. The van der Waals surface area contributed by atoms with E-state index in [1.165, 1.54) is 12.1 Å². The topological polar surface area (TPSA) is 69.4 Å². The molecule has 0 atom stereocenters. The Kier molecular flexibility index (Phi) is 6.54. The van der Waals surface area contributed by atoms with Crippen LogP contribution < -0.4 is 9.88 Å². The van der Waals surface area contributed by atoms with Crippen molar-refractivity contribution in [3.05, 3.63) is 29.0 Å². The number of hydrogen-bond donors (Lipinski definition) is 1. The highest BCUT2D eigenvalue weighted by molar-refractivity contribution is 7.89. The molecule has 0 aliphatic heterocycles. The number of hydrogen-bond acceptors (Lipinski definition) is 3. The van der Waals surface area contributed by atoms with Crippen molar-refractivity contribution in [3.63, 3.8) is 0 Å². The Morgan fingerprint density at radius 2 is 1.89 bits per heavy atom. The highest BCUT2D eigenvalue weighted by atomic mass is 35.5. The first-order valence-electron chi connectivity index (χ1n) is 5.97. The summed E-state index contributed by atoms with van der Waals surface area (Å²) in [6.45, 7) is 0.368. The first-order chi connectivity index (χ1) is 8.90. The molecule has 0 spiro atoms. The molecular formula is C12H17ClFNO3S. The minimum Gasteiger partial charge on any atom is -0.490 e. The summed E-state index contributed by atoms with van der Waals surface area (Å²) in [6, 6.07) is 4.59. The molecule has 0 heterocycles. The number of nitrogens with two attached hydrogens (primary N) is 1. The molecule has 0 aliphatic rings. The van der Waals surface area contributed by atoms with Gasteiger partial charge in [0.05, 0.1) is 17.4 Å². The predicted molar refractivity (Wildman–Crippen MR) is 73.3 cm³/mol. The number of sulfonamides is 1. The lowest BCUT2D eigenvalue weighted by atomic mass is 10.2. The van der Waals surface area contributed by atoms with Crippen LogP contribution in [0, 0.1) is 5.82 Å². The molecule has 0 fully saturated rings. The van der Waals surface area contributed by atoms with Crippen molar-refractivity contribution in [3.8, 4) is 5.75 Å². The smallest absolute Gasteiger partial charge is 0.209 e. The van der Waals surface area contributed by atoms with E-state index in [1.54, 1.807) is 6.07 Å². The van der Waals surface area contributed by atoms with Crippen LogP contribution in [-0.2, 0) is 10.0 Å². The van der Waals surface area contributed by atoms with Crippen molar-refractivity contribution < 1.29 is 17.5 Å². The Morgan fingerprint density at radius 3 is 2.58 bits per heavy atom. The van der Waals surface area contributed by atoms with Gasteiger partial charge in [0.15, 0.2) is 11.6 Å². The minimum atomic E-state index is -3.37. The molecule has 0 saturated carbocycles. The van der Waals surface area contributed by atoms with E-state index in [-0.39, 0.29) is 16.5 Å². The number of unbranched alkanes of at least 4 members (excludes halogenated alkanes) is 3. The van der Waals surface area contributed by atoms with Gasteiger partial charge in [0.1, 0.15) is 0 Å². The van der Waals surface area contributed by atoms with Crippen molar-refractivity contribution in [1.29, 1.82) is 0 Å². The van der Waals surface area contributed by atoms with Crippen LogP contribution in [0.2, 0.25) is 5.02 Å². The monoisotopic (exact) mass is 309 g/mol. The van der Waals surface area contributed by atoms with Gasteiger partial charge in [-0.1, -0.05) is 30.5 Å². The SMILES string of the molecule is NS(=O)(=O)CCCCCCOc1cccc(Cl)c1F. The van der Waals surface area contributed by atoms with Crippen molar-refractivity contribution in [2.24, 2.45) is 5.14 Å². The molecule has 7 heteroatoms. The summed E-state index contributed by atoms with van der Waals surface area (Å²) >= 11 is 5.61. The maximum atomic E-state index is 13.4. The zero-order chi connectivity index (χ0) is 14.3. The maximum absolute atomic E-state index is 13.4. The number of primary sulfonamides is 1. The van der Waals surface area contributed by atoms with E-state index in [2.05, 4.69) is 0 Å². The fraction of sp³-hybridized carbons (Fsp3) is 0.500. The second kappa shape index (κ2) is 7.67. The van der Waals surface area contributed by atoms with Gasteiger partial charge in [-0.05, 0) is 25.0 Å². The third-order valence-corrected chi connectivity index (χ3v) is 3.65. The number of halogens is 2. The van der Waals surface area contributed by atoms with Crippen LogP contribution in [0.1, 0.15) is 25.7 Å². The van der Waals surface area contributed by atoms with E-state index in [0.717, 1.165) is 19.3 Å². The van der Waals surface area contributed by atoms with Gasteiger partial charge >= 0.3 is 0 Å². The standard InChI is InChI=1S/C12H17ClFNO3S/c13-10-6-5-7-11(12(10)14)18-8-3-1-2-4-9-19(15,16)17/h5-7H,1-4,8-9H2,(H2,15,16,17). The lowest BCUT2D eigenvalue weighted by Gasteiger charge is -2.07. The normalized spacial score (nSPS) is 11.5. The molecule has 1 rings (SSSR count). The van der Waals surface area contributed by atoms with Crippen LogP contribution in [0.3, 0.4) is 0 Å². The summed E-state index contributed by atoms with van der Waals surface area (Å²) in [6.07, 6.45) is 2.80. The molecule has 0 saturated heterocycles. The molecule has 108 valence electrons. The quantitative estimate of drug-likeness (QED) is 0.751. The van der Waals surface area contributed by atoms with E-state index < -0.39 is 15.8 Å². The van der Waals surface area contributed by atoms with Crippen LogP contribution in [-0.4, -0.2) is 20.8 Å². The summed E-state index contributed by atoms with van der Waals surface area (Å²) in [5.41, 5.74) is 0. The second-order valence-electron chi connectivity index (χ2n) is 4.18. The lowest BCUT2D eigenvalue weighted by Crippen LogP contribution is -2.16. The summed E-state index contributed by atoms with van der Waals surface area (Å²) in [7, 11) is -3.37. The van der Waals surface area contributed by atoms with Gasteiger partial charge in [-0.3, -0.25) is 0 Å². The van der Waals surface area contributed by atoms with Crippen LogP contribution in [0.25, 0.3) is 0 Å². The number of rotatable bonds is 8.